The van der Waals surface area contributed by atoms with Crippen molar-refractivity contribution < 1.29 is 9.53 Å². The Morgan fingerprint density at radius 2 is 1.59 bits per heavy atom. The van der Waals surface area contributed by atoms with Crippen LogP contribution in [0.3, 0.4) is 0 Å². The van der Waals surface area contributed by atoms with Crippen LogP contribution in [0, 0.1) is 20.8 Å². The molecule has 0 unspecified atom stereocenters. The Hall–Kier alpha value is -3.46. The lowest BCUT2D eigenvalue weighted by molar-refractivity contribution is 0.0342. The third-order valence-electron chi connectivity index (χ3n) is 9.67. The quantitative estimate of drug-likeness (QED) is 0.359. The van der Waals surface area contributed by atoms with Gasteiger partial charge in [0.2, 0.25) is 0 Å². The van der Waals surface area contributed by atoms with E-state index >= 15 is 0 Å². The van der Waals surface area contributed by atoms with Gasteiger partial charge < -0.3 is 24.8 Å². The SMILES string of the molecule is Cc1cc(C)c(CNC(=O)c2cc(-c3ccc(CN4CCOCC4)cc3)cc(N(C)C3CCC(N(C)C)CC3)c2C)c(=O)[nH]1. The number of pyridine rings is 1. The summed E-state index contributed by atoms with van der Waals surface area (Å²) in [6.45, 7) is 10.4. The van der Waals surface area contributed by atoms with Crippen LogP contribution < -0.4 is 15.8 Å². The minimum absolute atomic E-state index is 0.154. The van der Waals surface area contributed by atoms with Crippen LogP contribution in [0.2, 0.25) is 0 Å². The number of nitrogens with zero attached hydrogens (tertiary/aromatic N) is 3. The molecule has 0 radical (unpaired) electrons. The lowest BCUT2D eigenvalue weighted by Crippen LogP contribution is -2.40. The molecule has 44 heavy (non-hydrogen) atoms. The average Bonchev–Trinajstić information content (AvgIpc) is 3.01. The van der Waals surface area contributed by atoms with Crippen molar-refractivity contribution in [2.75, 3.05) is 52.3 Å². The highest BCUT2D eigenvalue weighted by molar-refractivity contribution is 5.99. The number of morpholine rings is 1. The highest BCUT2D eigenvalue weighted by Crippen LogP contribution is 2.35. The summed E-state index contributed by atoms with van der Waals surface area (Å²) >= 11 is 0. The van der Waals surface area contributed by atoms with Crippen LogP contribution in [-0.4, -0.2) is 80.2 Å². The van der Waals surface area contributed by atoms with Crippen molar-refractivity contribution in [2.45, 2.75) is 71.6 Å². The Morgan fingerprint density at radius 3 is 2.23 bits per heavy atom. The topological polar surface area (TPSA) is 80.9 Å². The number of anilines is 1. The van der Waals surface area contributed by atoms with Crippen LogP contribution in [-0.2, 0) is 17.8 Å². The van der Waals surface area contributed by atoms with E-state index in [4.69, 9.17) is 4.74 Å². The van der Waals surface area contributed by atoms with Crippen LogP contribution in [0.5, 0.6) is 0 Å². The van der Waals surface area contributed by atoms with E-state index in [-0.39, 0.29) is 18.0 Å². The predicted octanol–water partition coefficient (Wildman–Crippen LogP) is 5.04. The number of ether oxygens (including phenoxy) is 1. The van der Waals surface area contributed by atoms with Crippen LogP contribution in [0.25, 0.3) is 11.1 Å². The number of H-pyrrole nitrogens is 1. The number of amides is 1. The standard InChI is InChI=1S/C36H49N5O3/c1-24-19-25(2)38-36(43)33(24)22-37-35(42)32-20-29(28-9-7-27(8-10-28)23-41-15-17-44-18-16-41)21-34(26(32)3)40(6)31-13-11-30(12-14-31)39(4)5/h7-10,19-21,30-31H,11-18,22-23H2,1-6H3,(H,37,42)(H,38,43). The van der Waals surface area contributed by atoms with Gasteiger partial charge in [0.05, 0.1) is 13.2 Å². The summed E-state index contributed by atoms with van der Waals surface area (Å²) in [4.78, 5) is 36.4. The fourth-order valence-electron chi connectivity index (χ4n) is 6.81. The molecule has 5 rings (SSSR count). The lowest BCUT2D eigenvalue weighted by atomic mass is 9.88. The number of carbonyl (C=O) groups excluding carboxylic acids is 1. The molecule has 3 aromatic rings. The van der Waals surface area contributed by atoms with Gasteiger partial charge in [-0.1, -0.05) is 24.3 Å². The molecule has 2 aromatic carbocycles. The normalized spacial score (nSPS) is 19.2. The van der Waals surface area contributed by atoms with E-state index in [0.717, 1.165) is 79.3 Å². The average molecular weight is 600 g/mol. The van der Waals surface area contributed by atoms with E-state index in [2.05, 4.69) is 76.5 Å². The van der Waals surface area contributed by atoms with Gasteiger partial charge in [-0.3, -0.25) is 14.5 Å². The second kappa shape index (κ2) is 14.1. The van der Waals surface area contributed by atoms with Crippen molar-refractivity contribution in [2.24, 2.45) is 0 Å². The smallest absolute Gasteiger partial charge is 0.253 e. The molecule has 2 heterocycles. The minimum atomic E-state index is -0.168. The van der Waals surface area contributed by atoms with Crippen molar-refractivity contribution >= 4 is 11.6 Å². The molecule has 1 amide bonds. The maximum Gasteiger partial charge on any atom is 0.253 e. The maximum atomic E-state index is 13.8. The molecule has 2 N–H and O–H groups in total. The fraction of sp³-hybridized carbons (Fsp3) is 0.500. The molecular weight excluding hydrogens is 550 g/mol. The number of hydrogen-bond donors (Lipinski definition) is 2. The zero-order valence-corrected chi connectivity index (χ0v) is 27.3. The van der Waals surface area contributed by atoms with Crippen molar-refractivity contribution in [1.82, 2.24) is 20.1 Å². The van der Waals surface area contributed by atoms with E-state index in [1.165, 1.54) is 18.4 Å². The molecule has 2 aliphatic rings. The minimum Gasteiger partial charge on any atom is -0.379 e. The number of hydrogen-bond acceptors (Lipinski definition) is 6. The monoisotopic (exact) mass is 599 g/mol. The molecule has 1 aromatic heterocycles. The molecule has 1 aliphatic carbocycles. The number of aryl methyl sites for hydroxylation is 2. The summed E-state index contributed by atoms with van der Waals surface area (Å²) in [6, 6.07) is 16.0. The Labute approximate surface area is 262 Å². The largest absolute Gasteiger partial charge is 0.379 e. The number of benzene rings is 2. The first-order chi connectivity index (χ1) is 21.1. The summed E-state index contributed by atoms with van der Waals surface area (Å²) in [7, 11) is 6.52. The second-order valence-electron chi connectivity index (χ2n) is 12.9. The van der Waals surface area contributed by atoms with Gasteiger partial charge in [0.15, 0.2) is 0 Å². The molecule has 0 spiro atoms. The van der Waals surface area contributed by atoms with Crippen LogP contribution >= 0.6 is 0 Å². The maximum absolute atomic E-state index is 13.8. The first-order valence-electron chi connectivity index (χ1n) is 16.0. The molecule has 8 nitrogen and oxygen atoms in total. The summed E-state index contributed by atoms with van der Waals surface area (Å²) in [5, 5.41) is 3.06. The number of aromatic nitrogens is 1. The van der Waals surface area contributed by atoms with Gasteiger partial charge in [0.1, 0.15) is 0 Å². The number of aromatic amines is 1. The summed E-state index contributed by atoms with van der Waals surface area (Å²) in [6.07, 6.45) is 4.58. The molecular formula is C36H49N5O3. The summed E-state index contributed by atoms with van der Waals surface area (Å²) in [5.74, 6) is -0.168. The highest BCUT2D eigenvalue weighted by Gasteiger charge is 2.27. The van der Waals surface area contributed by atoms with Gasteiger partial charge in [0, 0.05) is 67.8 Å². The summed E-state index contributed by atoms with van der Waals surface area (Å²) < 4.78 is 5.51. The Kier molecular flexibility index (Phi) is 10.2. The Morgan fingerprint density at radius 1 is 0.932 bits per heavy atom. The molecule has 0 atom stereocenters. The van der Waals surface area contributed by atoms with E-state index in [1.54, 1.807) is 0 Å². The number of nitrogens with one attached hydrogen (secondary N) is 2. The lowest BCUT2D eigenvalue weighted by Gasteiger charge is -2.39. The first kappa shape index (κ1) is 31.9. The van der Waals surface area contributed by atoms with Crippen molar-refractivity contribution in [3.8, 4) is 11.1 Å². The second-order valence-corrected chi connectivity index (χ2v) is 12.9. The van der Waals surface area contributed by atoms with Crippen molar-refractivity contribution in [1.29, 1.82) is 0 Å². The van der Waals surface area contributed by atoms with Crippen LogP contribution in [0.4, 0.5) is 5.69 Å². The van der Waals surface area contributed by atoms with Gasteiger partial charge >= 0.3 is 0 Å². The van der Waals surface area contributed by atoms with Gasteiger partial charge in [-0.2, -0.15) is 0 Å². The molecule has 1 aliphatic heterocycles. The van der Waals surface area contributed by atoms with E-state index < -0.39 is 0 Å². The van der Waals surface area contributed by atoms with E-state index in [1.807, 2.05) is 32.9 Å². The molecule has 236 valence electrons. The number of carbonyl (C=O) groups is 1. The fourth-order valence-corrected chi connectivity index (χ4v) is 6.81. The van der Waals surface area contributed by atoms with Gasteiger partial charge in [0.25, 0.3) is 11.5 Å². The Balaban J connectivity index is 1.43. The van der Waals surface area contributed by atoms with Crippen LogP contribution in [0.15, 0.2) is 47.3 Å². The third-order valence-corrected chi connectivity index (χ3v) is 9.67. The molecule has 1 saturated heterocycles. The van der Waals surface area contributed by atoms with Crippen molar-refractivity contribution in [3.05, 3.63) is 86.3 Å². The molecule has 0 bridgehead atoms. The highest BCUT2D eigenvalue weighted by atomic mass is 16.5. The third kappa shape index (κ3) is 7.42. The van der Waals surface area contributed by atoms with E-state index in [0.29, 0.717) is 23.2 Å². The predicted molar refractivity (Wildman–Crippen MR) is 179 cm³/mol. The van der Waals surface area contributed by atoms with Gasteiger partial charge in [-0.05, 0) is 107 Å². The Bertz CT molecular complexity index is 1500. The van der Waals surface area contributed by atoms with Crippen molar-refractivity contribution in [3.63, 3.8) is 0 Å². The van der Waals surface area contributed by atoms with Gasteiger partial charge in [-0.15, -0.1) is 0 Å². The zero-order valence-electron chi connectivity index (χ0n) is 27.3. The molecule has 8 heteroatoms. The molecule has 1 saturated carbocycles. The summed E-state index contributed by atoms with van der Waals surface area (Å²) in [5.41, 5.74) is 8.19. The van der Waals surface area contributed by atoms with Crippen LogP contribution in [0.1, 0.15) is 64.0 Å². The van der Waals surface area contributed by atoms with E-state index in [9.17, 15) is 9.59 Å². The number of rotatable bonds is 9. The zero-order chi connectivity index (χ0) is 31.4. The molecule has 2 fully saturated rings. The van der Waals surface area contributed by atoms with Gasteiger partial charge in [-0.25, -0.2) is 0 Å². The first-order valence-corrected chi connectivity index (χ1v) is 16.0.